The zero-order valence-corrected chi connectivity index (χ0v) is 10.6. The normalized spacial score (nSPS) is 10.7. The van der Waals surface area contributed by atoms with Gasteiger partial charge < -0.3 is 15.3 Å². The second-order valence-electron chi connectivity index (χ2n) is 4.06. The summed E-state index contributed by atoms with van der Waals surface area (Å²) in [5, 5.41) is 34.7. The predicted octanol–water partition coefficient (Wildman–Crippen LogP) is 3.20. The van der Waals surface area contributed by atoms with Crippen molar-refractivity contribution >= 4 is 23.3 Å². The molecule has 0 saturated heterocycles. The quantitative estimate of drug-likeness (QED) is 0.745. The van der Waals surface area contributed by atoms with Gasteiger partial charge in [0.15, 0.2) is 0 Å². The van der Waals surface area contributed by atoms with Crippen molar-refractivity contribution in [3.8, 4) is 5.75 Å². The summed E-state index contributed by atoms with van der Waals surface area (Å²) in [4.78, 5) is 21.4. The Balaban J connectivity index is 2.19. The molecule has 7 heteroatoms. The fraction of sp³-hybridized carbons (Fsp3) is 0. The molecule has 0 spiro atoms. The maximum atomic E-state index is 10.7. The maximum Gasteiger partial charge on any atom is 0.339 e. The van der Waals surface area contributed by atoms with Gasteiger partial charge in [0.2, 0.25) is 0 Å². The van der Waals surface area contributed by atoms with Gasteiger partial charge in [0.05, 0.1) is 16.9 Å². The lowest BCUT2D eigenvalue weighted by Crippen LogP contribution is -1.95. The van der Waals surface area contributed by atoms with Crippen LogP contribution in [0.25, 0.3) is 0 Å². The van der Waals surface area contributed by atoms with Crippen LogP contribution in [0.1, 0.15) is 20.7 Å². The first-order valence-electron chi connectivity index (χ1n) is 5.79. The van der Waals surface area contributed by atoms with Crippen LogP contribution in [0.4, 0.5) is 11.4 Å². The van der Waals surface area contributed by atoms with Crippen LogP contribution in [0.15, 0.2) is 52.7 Å². The number of rotatable bonds is 4. The van der Waals surface area contributed by atoms with E-state index in [4.69, 9.17) is 10.2 Å². The van der Waals surface area contributed by atoms with E-state index in [1.165, 1.54) is 42.5 Å². The first kappa shape index (κ1) is 14.2. The lowest BCUT2D eigenvalue weighted by molar-refractivity contribution is 0.0684. The van der Waals surface area contributed by atoms with Crippen molar-refractivity contribution in [2.24, 2.45) is 10.2 Å². The van der Waals surface area contributed by atoms with E-state index in [1.807, 2.05) is 0 Å². The molecular weight excluding hydrogens is 276 g/mol. The Morgan fingerprint density at radius 3 is 1.90 bits per heavy atom. The van der Waals surface area contributed by atoms with Crippen molar-refractivity contribution in [3.05, 3.63) is 53.6 Å². The van der Waals surface area contributed by atoms with Crippen LogP contribution in [-0.4, -0.2) is 27.3 Å². The second kappa shape index (κ2) is 5.83. The van der Waals surface area contributed by atoms with Gasteiger partial charge in [0.25, 0.3) is 0 Å². The largest absolute Gasteiger partial charge is 0.507 e. The smallest absolute Gasteiger partial charge is 0.339 e. The highest BCUT2D eigenvalue weighted by Gasteiger charge is 2.09. The molecule has 21 heavy (non-hydrogen) atoms. The molecule has 7 nitrogen and oxygen atoms in total. The van der Waals surface area contributed by atoms with Crippen molar-refractivity contribution in [2.75, 3.05) is 0 Å². The number of phenols is 1. The molecule has 0 atom stereocenters. The number of carbonyl (C=O) groups is 2. The highest BCUT2D eigenvalue weighted by molar-refractivity contribution is 5.91. The molecule has 0 heterocycles. The third-order valence-corrected chi connectivity index (χ3v) is 2.61. The summed E-state index contributed by atoms with van der Waals surface area (Å²) in [6, 6.07) is 9.55. The summed E-state index contributed by atoms with van der Waals surface area (Å²) < 4.78 is 0. The number of hydrogen-bond acceptors (Lipinski definition) is 5. The number of aromatic hydroxyl groups is 1. The van der Waals surface area contributed by atoms with Crippen molar-refractivity contribution < 1.29 is 24.9 Å². The van der Waals surface area contributed by atoms with E-state index >= 15 is 0 Å². The van der Waals surface area contributed by atoms with Gasteiger partial charge in [-0.25, -0.2) is 9.59 Å². The standard InChI is InChI=1S/C14H10N2O5/c17-12-7-10(5-6-11(12)14(20)21)16-15-9-3-1-8(2-4-9)13(18)19/h1-7,17H,(H,18,19)(H,20,21)/b16-15+. The van der Waals surface area contributed by atoms with Crippen LogP contribution in [-0.2, 0) is 0 Å². The maximum absolute atomic E-state index is 10.7. The molecular formula is C14H10N2O5. The number of hydrogen-bond donors (Lipinski definition) is 3. The molecule has 0 unspecified atom stereocenters. The highest BCUT2D eigenvalue weighted by Crippen LogP contribution is 2.25. The van der Waals surface area contributed by atoms with Gasteiger partial charge >= 0.3 is 11.9 Å². The van der Waals surface area contributed by atoms with E-state index in [0.717, 1.165) is 0 Å². The van der Waals surface area contributed by atoms with Crippen LogP contribution in [0.3, 0.4) is 0 Å². The molecule has 0 amide bonds. The van der Waals surface area contributed by atoms with Gasteiger partial charge in [0, 0.05) is 6.07 Å². The molecule has 0 aliphatic rings. The molecule has 0 saturated carbocycles. The molecule has 0 bridgehead atoms. The van der Waals surface area contributed by atoms with Crippen molar-refractivity contribution in [1.82, 2.24) is 0 Å². The minimum absolute atomic E-state index is 0.136. The summed E-state index contributed by atoms with van der Waals surface area (Å²) in [7, 11) is 0. The number of azo groups is 1. The van der Waals surface area contributed by atoms with Crippen LogP contribution in [0, 0.1) is 0 Å². The van der Waals surface area contributed by atoms with Gasteiger partial charge in [-0.15, -0.1) is 0 Å². The van der Waals surface area contributed by atoms with Crippen LogP contribution in [0.2, 0.25) is 0 Å². The SMILES string of the molecule is O=C(O)c1ccc(/N=N/c2ccc(C(=O)O)c(O)c2)cc1. The summed E-state index contributed by atoms with van der Waals surface area (Å²) in [5.74, 6) is -2.67. The molecule has 0 aliphatic heterocycles. The third-order valence-electron chi connectivity index (χ3n) is 2.61. The van der Waals surface area contributed by atoms with E-state index in [0.29, 0.717) is 5.69 Å². The summed E-state index contributed by atoms with van der Waals surface area (Å²) in [5.41, 5.74) is 0.624. The zero-order valence-electron chi connectivity index (χ0n) is 10.6. The number of carboxylic acid groups (broad SMARTS) is 2. The Morgan fingerprint density at radius 1 is 0.810 bits per heavy atom. The number of benzene rings is 2. The molecule has 2 aromatic rings. The minimum Gasteiger partial charge on any atom is -0.507 e. The number of carboxylic acids is 2. The highest BCUT2D eigenvalue weighted by atomic mass is 16.4. The molecule has 0 aromatic heterocycles. The van der Waals surface area contributed by atoms with E-state index in [1.54, 1.807) is 0 Å². The van der Waals surface area contributed by atoms with Gasteiger partial charge in [-0.1, -0.05) is 0 Å². The monoisotopic (exact) mass is 286 g/mol. The Kier molecular flexibility index (Phi) is 3.94. The number of aromatic carboxylic acids is 2. The third kappa shape index (κ3) is 3.41. The fourth-order valence-corrected chi connectivity index (χ4v) is 1.55. The van der Waals surface area contributed by atoms with Gasteiger partial charge in [-0.05, 0) is 36.4 Å². The van der Waals surface area contributed by atoms with Crippen molar-refractivity contribution in [2.45, 2.75) is 0 Å². The molecule has 2 rings (SSSR count). The molecule has 3 N–H and O–H groups in total. The molecule has 2 aromatic carbocycles. The lowest BCUT2D eigenvalue weighted by Gasteiger charge is -1.99. The Bertz CT molecular complexity index is 723. The first-order chi connectivity index (χ1) is 9.97. The van der Waals surface area contributed by atoms with E-state index < -0.39 is 17.7 Å². The average molecular weight is 286 g/mol. The van der Waals surface area contributed by atoms with E-state index in [9.17, 15) is 14.7 Å². The van der Waals surface area contributed by atoms with Crippen LogP contribution in [0.5, 0.6) is 5.75 Å². The average Bonchev–Trinajstić information content (AvgIpc) is 2.45. The predicted molar refractivity (Wildman–Crippen MR) is 72.6 cm³/mol. The second-order valence-corrected chi connectivity index (χ2v) is 4.06. The topological polar surface area (TPSA) is 120 Å². The van der Waals surface area contributed by atoms with Gasteiger partial charge in [-0.3, -0.25) is 0 Å². The first-order valence-corrected chi connectivity index (χ1v) is 5.79. The number of nitrogens with zero attached hydrogens (tertiary/aromatic N) is 2. The molecule has 0 radical (unpaired) electrons. The van der Waals surface area contributed by atoms with E-state index in [2.05, 4.69) is 10.2 Å². The molecule has 0 aliphatic carbocycles. The minimum atomic E-state index is -1.24. The zero-order chi connectivity index (χ0) is 15.4. The summed E-state index contributed by atoms with van der Waals surface area (Å²) in [6.07, 6.45) is 0. The fourth-order valence-electron chi connectivity index (χ4n) is 1.55. The van der Waals surface area contributed by atoms with E-state index in [-0.39, 0.29) is 16.8 Å². The Hall–Kier alpha value is -3.22. The van der Waals surface area contributed by atoms with Gasteiger partial charge in [0.1, 0.15) is 11.3 Å². The lowest BCUT2D eigenvalue weighted by atomic mass is 10.2. The molecule has 0 fully saturated rings. The van der Waals surface area contributed by atoms with Crippen LogP contribution >= 0.6 is 0 Å². The summed E-state index contributed by atoms with van der Waals surface area (Å²) >= 11 is 0. The van der Waals surface area contributed by atoms with Crippen molar-refractivity contribution in [1.29, 1.82) is 0 Å². The Labute approximate surface area is 118 Å². The Morgan fingerprint density at radius 2 is 1.38 bits per heavy atom. The van der Waals surface area contributed by atoms with Crippen molar-refractivity contribution in [3.63, 3.8) is 0 Å². The van der Waals surface area contributed by atoms with Gasteiger partial charge in [-0.2, -0.15) is 10.2 Å². The summed E-state index contributed by atoms with van der Waals surface area (Å²) in [6.45, 7) is 0. The molecule has 106 valence electrons. The van der Waals surface area contributed by atoms with Crippen LogP contribution < -0.4 is 0 Å².